The summed E-state index contributed by atoms with van der Waals surface area (Å²) in [7, 11) is 1.63. The monoisotopic (exact) mass is 228 g/mol. The number of carbonyl (C=O) groups excluding carboxylic acids is 1. The van der Waals surface area contributed by atoms with Crippen molar-refractivity contribution in [2.24, 2.45) is 5.73 Å². The number of hydrogen-bond donors (Lipinski definition) is 1. The maximum Gasteiger partial charge on any atom is 0.239 e. The van der Waals surface area contributed by atoms with Crippen LogP contribution in [-0.4, -0.2) is 43.2 Å². The molecule has 1 aliphatic carbocycles. The van der Waals surface area contributed by atoms with Gasteiger partial charge in [0.15, 0.2) is 0 Å². The van der Waals surface area contributed by atoms with E-state index >= 15 is 0 Å². The Morgan fingerprint density at radius 3 is 2.62 bits per heavy atom. The molecule has 0 saturated heterocycles. The van der Waals surface area contributed by atoms with Gasteiger partial charge in [-0.15, -0.1) is 0 Å². The second-order valence-electron chi connectivity index (χ2n) is 4.45. The normalized spacial score (nSPS) is 18.7. The van der Waals surface area contributed by atoms with Gasteiger partial charge in [0.2, 0.25) is 5.91 Å². The number of hydrogen-bond acceptors (Lipinski definition) is 3. The molecule has 0 aromatic rings. The van der Waals surface area contributed by atoms with Crippen LogP contribution in [0.25, 0.3) is 0 Å². The van der Waals surface area contributed by atoms with Crippen LogP contribution >= 0.6 is 0 Å². The first-order valence-electron chi connectivity index (χ1n) is 6.25. The van der Waals surface area contributed by atoms with E-state index in [1.165, 1.54) is 12.8 Å². The fourth-order valence-electron chi connectivity index (χ4n) is 2.39. The quantitative estimate of drug-likeness (QED) is 0.741. The number of rotatable bonds is 6. The highest BCUT2D eigenvalue weighted by Crippen LogP contribution is 2.23. The van der Waals surface area contributed by atoms with Gasteiger partial charge in [-0.2, -0.15) is 0 Å². The van der Waals surface area contributed by atoms with Crippen LogP contribution in [0.3, 0.4) is 0 Å². The molecule has 1 unspecified atom stereocenters. The molecule has 1 saturated carbocycles. The first-order valence-corrected chi connectivity index (χ1v) is 6.25. The van der Waals surface area contributed by atoms with Crippen LogP contribution in [0.1, 0.15) is 39.0 Å². The number of methoxy groups -OCH3 is 1. The third-order valence-electron chi connectivity index (χ3n) is 3.34. The molecule has 0 heterocycles. The fourth-order valence-corrected chi connectivity index (χ4v) is 2.39. The Hall–Kier alpha value is -0.610. The molecule has 94 valence electrons. The zero-order valence-corrected chi connectivity index (χ0v) is 10.4. The lowest BCUT2D eigenvalue weighted by Gasteiger charge is -2.30. The van der Waals surface area contributed by atoms with Crippen molar-refractivity contribution in [2.75, 3.05) is 20.3 Å². The van der Waals surface area contributed by atoms with Crippen molar-refractivity contribution in [3.63, 3.8) is 0 Å². The van der Waals surface area contributed by atoms with E-state index in [1.54, 1.807) is 7.11 Å². The predicted molar refractivity (Wildman–Crippen MR) is 64.1 cm³/mol. The minimum atomic E-state index is -0.402. The maximum atomic E-state index is 12.1. The van der Waals surface area contributed by atoms with E-state index < -0.39 is 6.04 Å². The van der Waals surface area contributed by atoms with Crippen molar-refractivity contribution in [3.8, 4) is 0 Å². The van der Waals surface area contributed by atoms with Crippen LogP contribution in [0.15, 0.2) is 0 Å². The maximum absolute atomic E-state index is 12.1. The van der Waals surface area contributed by atoms with Gasteiger partial charge in [-0.1, -0.05) is 12.8 Å². The van der Waals surface area contributed by atoms with Gasteiger partial charge in [-0.05, 0) is 26.2 Å². The van der Waals surface area contributed by atoms with Crippen molar-refractivity contribution >= 4 is 5.91 Å². The molecular formula is C12H24N2O2. The van der Waals surface area contributed by atoms with Crippen LogP contribution < -0.4 is 5.73 Å². The number of amides is 1. The lowest BCUT2D eigenvalue weighted by atomic mass is 10.1. The number of nitrogens with two attached hydrogens (primary N) is 1. The zero-order valence-electron chi connectivity index (χ0n) is 10.4. The average Bonchev–Trinajstić information content (AvgIpc) is 2.80. The van der Waals surface area contributed by atoms with Gasteiger partial charge in [0.05, 0.1) is 6.04 Å². The van der Waals surface area contributed by atoms with Gasteiger partial charge in [-0.3, -0.25) is 4.79 Å². The molecule has 1 fully saturated rings. The minimum Gasteiger partial charge on any atom is -0.385 e. The molecule has 0 radical (unpaired) electrons. The molecule has 0 bridgehead atoms. The van der Waals surface area contributed by atoms with Gasteiger partial charge in [0.1, 0.15) is 0 Å². The molecular weight excluding hydrogens is 204 g/mol. The largest absolute Gasteiger partial charge is 0.385 e. The highest BCUT2D eigenvalue weighted by atomic mass is 16.5. The van der Waals surface area contributed by atoms with Crippen LogP contribution in [0.5, 0.6) is 0 Å². The summed E-state index contributed by atoms with van der Waals surface area (Å²) in [6.45, 7) is 3.35. The molecule has 1 amide bonds. The summed E-state index contributed by atoms with van der Waals surface area (Å²) in [5.41, 5.74) is 5.88. The van der Waals surface area contributed by atoms with Crippen molar-refractivity contribution in [2.45, 2.75) is 51.1 Å². The molecule has 2 N–H and O–H groups in total. The molecule has 0 aromatic heterocycles. The highest BCUT2D eigenvalue weighted by molar-refractivity contribution is 5.81. The van der Waals surface area contributed by atoms with Crippen LogP contribution in [0.4, 0.5) is 0 Å². The second kappa shape index (κ2) is 6.86. The summed E-state index contributed by atoms with van der Waals surface area (Å²) < 4.78 is 4.95. The van der Waals surface area contributed by atoms with Crippen LogP contribution in [-0.2, 0) is 9.53 Å². The summed E-state index contributed by atoms with van der Waals surface area (Å²) in [5, 5.41) is 0. The fraction of sp³-hybridized carbons (Fsp3) is 0.917. The van der Waals surface area contributed by atoms with Crippen molar-refractivity contribution < 1.29 is 9.53 Å². The average molecular weight is 228 g/mol. The van der Waals surface area contributed by atoms with Gasteiger partial charge in [-0.25, -0.2) is 0 Å². The Morgan fingerprint density at radius 1 is 1.50 bits per heavy atom. The van der Waals surface area contributed by atoms with Gasteiger partial charge >= 0.3 is 0 Å². The zero-order chi connectivity index (χ0) is 12.0. The SMILES string of the molecule is CCN(C(=O)C(N)CCOC)C1CCCC1. The first kappa shape index (κ1) is 13.5. The van der Waals surface area contributed by atoms with Gasteiger partial charge < -0.3 is 15.4 Å². The summed E-state index contributed by atoms with van der Waals surface area (Å²) in [6.07, 6.45) is 5.36. The second-order valence-corrected chi connectivity index (χ2v) is 4.45. The summed E-state index contributed by atoms with van der Waals surface area (Å²) in [5.74, 6) is 0.0893. The molecule has 4 nitrogen and oxygen atoms in total. The van der Waals surface area contributed by atoms with E-state index in [1.807, 2.05) is 11.8 Å². The molecule has 1 atom stereocenters. The molecule has 1 aliphatic rings. The lowest BCUT2D eigenvalue weighted by molar-refractivity contribution is -0.135. The first-order chi connectivity index (χ1) is 7.70. The van der Waals surface area contributed by atoms with Gasteiger partial charge in [0, 0.05) is 26.3 Å². The Balaban J connectivity index is 2.47. The lowest BCUT2D eigenvalue weighted by Crippen LogP contribution is -2.48. The standard InChI is InChI=1S/C12H24N2O2/c1-3-14(10-6-4-5-7-10)12(15)11(13)8-9-16-2/h10-11H,3-9,13H2,1-2H3. The van der Waals surface area contributed by atoms with E-state index in [-0.39, 0.29) is 5.91 Å². The Morgan fingerprint density at radius 2 is 2.12 bits per heavy atom. The van der Waals surface area contributed by atoms with E-state index in [9.17, 15) is 4.79 Å². The molecule has 0 spiro atoms. The van der Waals surface area contributed by atoms with E-state index in [0.29, 0.717) is 19.1 Å². The van der Waals surface area contributed by atoms with Crippen LogP contribution in [0, 0.1) is 0 Å². The number of ether oxygens (including phenoxy) is 1. The molecule has 16 heavy (non-hydrogen) atoms. The van der Waals surface area contributed by atoms with Crippen molar-refractivity contribution in [1.82, 2.24) is 4.90 Å². The van der Waals surface area contributed by atoms with Crippen molar-refractivity contribution in [1.29, 1.82) is 0 Å². The van der Waals surface area contributed by atoms with E-state index in [2.05, 4.69) is 0 Å². The number of likely N-dealkylation sites (N-methyl/N-ethyl adjacent to an activating group) is 1. The molecule has 4 heteroatoms. The Kier molecular flexibility index (Phi) is 5.77. The summed E-state index contributed by atoms with van der Waals surface area (Å²) in [4.78, 5) is 14.1. The number of nitrogens with zero attached hydrogens (tertiary/aromatic N) is 1. The van der Waals surface area contributed by atoms with Crippen molar-refractivity contribution in [3.05, 3.63) is 0 Å². The summed E-state index contributed by atoms with van der Waals surface area (Å²) in [6, 6.07) is 0.0200. The van der Waals surface area contributed by atoms with Crippen LogP contribution in [0.2, 0.25) is 0 Å². The predicted octanol–water partition coefficient (Wildman–Crippen LogP) is 1.14. The minimum absolute atomic E-state index is 0.0893. The Bertz CT molecular complexity index is 215. The van der Waals surface area contributed by atoms with Gasteiger partial charge in [0.25, 0.3) is 0 Å². The Labute approximate surface area is 98.1 Å². The summed E-state index contributed by atoms with van der Waals surface area (Å²) >= 11 is 0. The molecule has 1 rings (SSSR count). The smallest absolute Gasteiger partial charge is 0.239 e. The molecule has 0 aliphatic heterocycles. The third-order valence-corrected chi connectivity index (χ3v) is 3.34. The number of carbonyl (C=O) groups is 1. The third kappa shape index (κ3) is 3.46. The molecule has 0 aromatic carbocycles. The topological polar surface area (TPSA) is 55.6 Å². The highest BCUT2D eigenvalue weighted by Gasteiger charge is 2.28. The van der Waals surface area contributed by atoms with E-state index in [4.69, 9.17) is 10.5 Å². The van der Waals surface area contributed by atoms with E-state index in [0.717, 1.165) is 19.4 Å².